The second-order valence-corrected chi connectivity index (χ2v) is 34.7. The van der Waals surface area contributed by atoms with Gasteiger partial charge in [0, 0.05) is 50.0 Å². The number of aryl methyl sites for hydroxylation is 8. The highest BCUT2D eigenvalue weighted by Crippen LogP contribution is 2.58. The van der Waals surface area contributed by atoms with Crippen LogP contribution >= 0.6 is 0 Å². The summed E-state index contributed by atoms with van der Waals surface area (Å²) < 4.78 is 6.15. The second kappa shape index (κ2) is 35.7. The first kappa shape index (κ1) is 80.4. The number of nitrogens with zero attached hydrogens (tertiary/aromatic N) is 3. The normalized spacial score (nSPS) is 12.5. The first-order valence-corrected chi connectivity index (χ1v) is 42.7. The molecule has 14 aromatic rings. The van der Waals surface area contributed by atoms with Crippen molar-refractivity contribution < 1.29 is 4.74 Å². The van der Waals surface area contributed by atoms with Crippen LogP contribution in [0.2, 0.25) is 0 Å². The molecule has 0 aromatic heterocycles. The van der Waals surface area contributed by atoms with E-state index in [9.17, 15) is 0 Å². The summed E-state index contributed by atoms with van der Waals surface area (Å²) in [4.78, 5) is 7.16. The molecule has 0 atom stereocenters. The quantitative estimate of drug-likeness (QED) is 0.0361. The molecule has 0 amide bonds. The fourth-order valence-electron chi connectivity index (χ4n) is 17.3. The Morgan fingerprint density at radius 3 is 0.974 bits per heavy atom. The number of unbranched alkanes of at least 4 members (excludes halogenated alkanes) is 10. The SMILES string of the molecule is CCCCCCCCc1ccc(C2(c3ccc(CCCCCCCC)cc3)c3cc(C)ccc3-c3ccc(C)cc32)cc1.Cc1ccc(N(c2ccc(C(C)(C)C)cc2)c2c3ccccc3c(N(c3ccc(C)cc3)c3ccc(C(C)(C)C)cc3)c3ccccc23)cc1.Cc1ccc2c(c1)Oc1cc(C)ccc1N2c1ccccc1. The molecule has 4 nitrogen and oxygen atoms in total. The summed E-state index contributed by atoms with van der Waals surface area (Å²) >= 11 is 0. The molecule has 0 bridgehead atoms. The maximum atomic E-state index is 6.15. The monoisotopic (exact) mass is 1510 g/mol. The summed E-state index contributed by atoms with van der Waals surface area (Å²) in [7, 11) is 0. The van der Waals surface area contributed by atoms with Crippen LogP contribution in [0.3, 0.4) is 0 Å². The first-order chi connectivity index (χ1) is 55.7. The zero-order valence-electron chi connectivity index (χ0n) is 70.9. The third-order valence-electron chi connectivity index (χ3n) is 23.7. The molecule has 16 rings (SSSR count). The maximum absolute atomic E-state index is 6.15. The van der Waals surface area contributed by atoms with E-state index in [0.717, 1.165) is 51.3 Å². The topological polar surface area (TPSA) is 19.0 Å². The number of anilines is 9. The molecule has 0 saturated heterocycles. The Kier molecular flexibility index (Phi) is 24.9. The lowest BCUT2D eigenvalue weighted by Crippen LogP contribution is -2.29. The van der Waals surface area contributed by atoms with Crippen molar-refractivity contribution in [2.45, 2.75) is 203 Å². The highest BCUT2D eigenvalue weighted by atomic mass is 16.5. The molecule has 2 aliphatic rings. The standard InChI is InChI=1S/C48H48N2.C43H54.C20H17NO/c1-33-17-25-37(26-18-33)49(39-29-21-35(22-30-39)47(3,4)5)45-41-13-9-11-15-43(41)46(44-16-12-10-14-42(44)45)50(38-27-19-34(2)20-28-38)40-31-23-36(24-32-40)48(6,7)8;1-5-7-9-11-13-15-17-35-21-25-37(26-22-35)43(38-27-23-36(24-28-38)18-16-14-12-10-8-6-2)41-31-33(3)19-29-39(41)40-30-20-34(4)32-42(40)43;1-14-8-10-17-19(12-14)22-20-13-15(2)9-11-18(20)21(17)16-6-4-3-5-7-16/h9-32H,1-8H3;19-32H,5-18H2,1-4H3;3-13H,1-2H3. The lowest BCUT2D eigenvalue weighted by Gasteiger charge is -2.34. The number of fused-ring (bicyclic) bond motifs is 7. The molecule has 0 radical (unpaired) electrons. The maximum Gasteiger partial charge on any atom is 0.151 e. The van der Waals surface area contributed by atoms with Crippen LogP contribution in [0.5, 0.6) is 11.5 Å². The molecular formula is C111H119N3O. The molecule has 0 saturated carbocycles. The van der Waals surface area contributed by atoms with Gasteiger partial charge in [-0.05, 0) is 230 Å². The van der Waals surface area contributed by atoms with Gasteiger partial charge in [0.2, 0.25) is 0 Å². The second-order valence-electron chi connectivity index (χ2n) is 34.7. The Morgan fingerprint density at radius 2 is 0.617 bits per heavy atom. The first-order valence-electron chi connectivity index (χ1n) is 42.7. The third-order valence-corrected chi connectivity index (χ3v) is 23.7. The summed E-state index contributed by atoms with van der Waals surface area (Å²) in [5.41, 5.74) is 31.5. The number of rotatable bonds is 23. The summed E-state index contributed by atoms with van der Waals surface area (Å²) in [5, 5.41) is 4.80. The van der Waals surface area contributed by atoms with Gasteiger partial charge < -0.3 is 19.4 Å². The lowest BCUT2D eigenvalue weighted by molar-refractivity contribution is 0.476. The van der Waals surface area contributed by atoms with E-state index in [0.29, 0.717) is 0 Å². The van der Waals surface area contributed by atoms with Gasteiger partial charge in [-0.25, -0.2) is 0 Å². The lowest BCUT2D eigenvalue weighted by atomic mass is 9.67. The van der Waals surface area contributed by atoms with Crippen LogP contribution in [0.25, 0.3) is 32.7 Å². The average Bonchev–Trinajstić information content (AvgIpc) is 1.70. The zero-order chi connectivity index (χ0) is 80.4. The largest absolute Gasteiger partial charge is 0.453 e. The van der Waals surface area contributed by atoms with E-state index < -0.39 is 0 Å². The van der Waals surface area contributed by atoms with Crippen molar-refractivity contribution in [2.75, 3.05) is 14.7 Å². The van der Waals surface area contributed by atoms with E-state index in [2.05, 4.69) is 403 Å². The zero-order valence-corrected chi connectivity index (χ0v) is 70.9. The molecule has 1 heterocycles. The van der Waals surface area contributed by atoms with Gasteiger partial charge in [-0.3, -0.25) is 0 Å². The predicted molar refractivity (Wildman–Crippen MR) is 496 cm³/mol. The van der Waals surface area contributed by atoms with Crippen molar-refractivity contribution >= 4 is 72.7 Å². The summed E-state index contributed by atoms with van der Waals surface area (Å²) in [6, 6.07) is 111. The summed E-state index contributed by atoms with van der Waals surface area (Å²) in [6.45, 7) is 31.2. The van der Waals surface area contributed by atoms with Gasteiger partial charge in [0.15, 0.2) is 11.5 Å². The fourth-order valence-corrected chi connectivity index (χ4v) is 17.3. The van der Waals surface area contributed by atoms with Crippen molar-refractivity contribution in [1.82, 2.24) is 0 Å². The molecule has 1 aliphatic carbocycles. The van der Waals surface area contributed by atoms with Crippen molar-refractivity contribution in [2.24, 2.45) is 0 Å². The number of benzene rings is 14. The predicted octanol–water partition coefficient (Wildman–Crippen LogP) is 32.5. The van der Waals surface area contributed by atoms with Gasteiger partial charge in [-0.2, -0.15) is 0 Å². The Balaban J connectivity index is 0.000000152. The highest BCUT2D eigenvalue weighted by molar-refractivity contribution is 6.23. The van der Waals surface area contributed by atoms with Crippen molar-refractivity contribution in [3.63, 3.8) is 0 Å². The minimum atomic E-state index is -0.305. The number of hydrogen-bond donors (Lipinski definition) is 0. The molecule has 584 valence electrons. The van der Waals surface area contributed by atoms with Crippen LogP contribution in [-0.2, 0) is 29.1 Å². The number of ether oxygens (including phenoxy) is 1. The molecule has 14 aromatic carbocycles. The van der Waals surface area contributed by atoms with Crippen LogP contribution in [-0.4, -0.2) is 0 Å². The molecule has 4 heteroatoms. The van der Waals surface area contributed by atoms with Crippen LogP contribution in [0, 0.1) is 41.5 Å². The van der Waals surface area contributed by atoms with Gasteiger partial charge in [0.05, 0.1) is 28.2 Å². The van der Waals surface area contributed by atoms with E-state index in [4.69, 9.17) is 4.74 Å². The van der Waals surface area contributed by atoms with E-state index in [1.165, 1.54) is 212 Å². The molecule has 0 fully saturated rings. The summed E-state index contributed by atoms with van der Waals surface area (Å²) in [5.74, 6) is 1.81. The fraction of sp³-hybridized carbons (Fsp3) is 0.279. The molecule has 0 unspecified atom stereocenters. The van der Waals surface area contributed by atoms with Crippen molar-refractivity contribution in [3.05, 3.63) is 375 Å². The number of hydrogen-bond acceptors (Lipinski definition) is 4. The van der Waals surface area contributed by atoms with Crippen LogP contribution < -0.4 is 19.4 Å². The minimum Gasteiger partial charge on any atom is -0.453 e. The molecule has 0 N–H and O–H groups in total. The van der Waals surface area contributed by atoms with Gasteiger partial charge in [0.25, 0.3) is 0 Å². The van der Waals surface area contributed by atoms with Crippen LogP contribution in [0.15, 0.2) is 297 Å². The van der Waals surface area contributed by atoms with Gasteiger partial charge in [-0.1, -0.05) is 354 Å². The van der Waals surface area contributed by atoms with E-state index >= 15 is 0 Å². The van der Waals surface area contributed by atoms with Gasteiger partial charge in [-0.15, -0.1) is 0 Å². The molecular weight excluding hydrogens is 1390 g/mol. The average molecular weight is 1510 g/mol. The van der Waals surface area contributed by atoms with Gasteiger partial charge >= 0.3 is 0 Å². The summed E-state index contributed by atoms with van der Waals surface area (Å²) in [6.07, 6.45) is 18.5. The molecule has 0 spiro atoms. The Morgan fingerprint density at radius 1 is 0.304 bits per heavy atom. The Labute approximate surface area is 688 Å². The highest BCUT2D eigenvalue weighted by Gasteiger charge is 2.46. The van der Waals surface area contributed by atoms with Crippen molar-refractivity contribution in [1.29, 1.82) is 0 Å². The van der Waals surface area contributed by atoms with Crippen LogP contribution in [0.4, 0.5) is 51.2 Å². The van der Waals surface area contributed by atoms with Crippen molar-refractivity contribution in [3.8, 4) is 22.6 Å². The van der Waals surface area contributed by atoms with Gasteiger partial charge in [0.1, 0.15) is 0 Å². The smallest absolute Gasteiger partial charge is 0.151 e. The van der Waals surface area contributed by atoms with E-state index in [-0.39, 0.29) is 16.2 Å². The Hall–Kier alpha value is -11.2. The third kappa shape index (κ3) is 17.7. The molecule has 115 heavy (non-hydrogen) atoms. The Bertz CT molecular complexity index is 5220. The van der Waals surface area contributed by atoms with E-state index in [1.54, 1.807) is 0 Å². The minimum absolute atomic E-state index is 0.0682. The van der Waals surface area contributed by atoms with Crippen LogP contribution in [0.1, 0.15) is 210 Å². The molecule has 1 aliphatic heterocycles. The van der Waals surface area contributed by atoms with E-state index in [1.807, 2.05) is 6.07 Å². The number of para-hydroxylation sites is 1.